The molecule has 0 saturated carbocycles. The van der Waals surface area contributed by atoms with Gasteiger partial charge in [0.05, 0.1) is 6.61 Å². The van der Waals surface area contributed by atoms with Gasteiger partial charge in [-0.15, -0.1) is 0 Å². The molecule has 1 fully saturated rings. The monoisotopic (exact) mass is 302 g/mol. The maximum Gasteiger partial charge on any atom is 0.0503 e. The smallest absolute Gasteiger partial charge is 0.0503 e. The summed E-state index contributed by atoms with van der Waals surface area (Å²) in [6.45, 7) is 3.41. The fourth-order valence-electron chi connectivity index (χ4n) is 2.76. The third-order valence-corrected chi connectivity index (χ3v) is 4.27. The molecule has 0 radical (unpaired) electrons. The molecule has 1 aromatic rings. The highest BCUT2D eigenvalue weighted by Gasteiger charge is 2.29. The molecule has 1 heterocycles. The van der Waals surface area contributed by atoms with E-state index < -0.39 is 0 Å². The number of methoxy groups -OCH3 is 1. The van der Waals surface area contributed by atoms with Crippen LogP contribution in [0.2, 0.25) is 10.0 Å². The number of halogens is 2. The van der Waals surface area contributed by atoms with Gasteiger partial charge in [0, 0.05) is 36.3 Å². The molecular formula is C14H20Cl2N2O. The lowest BCUT2D eigenvalue weighted by Gasteiger charge is -2.28. The van der Waals surface area contributed by atoms with Crippen LogP contribution in [0.5, 0.6) is 0 Å². The first kappa shape index (κ1) is 15.1. The number of rotatable bonds is 5. The Kier molecular flexibility index (Phi) is 5.48. The Balaban J connectivity index is 2.12. The van der Waals surface area contributed by atoms with Gasteiger partial charge >= 0.3 is 0 Å². The van der Waals surface area contributed by atoms with Crippen LogP contribution in [0.3, 0.4) is 0 Å². The van der Waals surface area contributed by atoms with Crippen molar-refractivity contribution < 1.29 is 4.74 Å². The first-order valence-electron chi connectivity index (χ1n) is 6.53. The van der Waals surface area contributed by atoms with Gasteiger partial charge in [-0.1, -0.05) is 29.3 Å². The molecule has 2 rings (SSSR count). The lowest BCUT2D eigenvalue weighted by atomic mass is 10.1. The van der Waals surface area contributed by atoms with Crippen molar-refractivity contribution in [3.8, 4) is 0 Å². The summed E-state index contributed by atoms with van der Waals surface area (Å²) in [4.78, 5) is 2.39. The first-order valence-corrected chi connectivity index (χ1v) is 7.29. The van der Waals surface area contributed by atoms with E-state index in [2.05, 4.69) is 4.90 Å². The molecule has 2 unspecified atom stereocenters. The molecule has 1 aromatic carbocycles. The molecule has 3 nitrogen and oxygen atoms in total. The SMILES string of the molecule is COCC1CCN(C(CN)c2ccc(Cl)cc2Cl)C1. The second kappa shape index (κ2) is 6.91. The highest BCUT2D eigenvalue weighted by molar-refractivity contribution is 6.35. The number of hydrogen-bond acceptors (Lipinski definition) is 3. The maximum atomic E-state index is 6.29. The zero-order valence-electron chi connectivity index (χ0n) is 11.1. The zero-order valence-corrected chi connectivity index (χ0v) is 12.6. The van der Waals surface area contributed by atoms with Gasteiger partial charge < -0.3 is 10.5 Å². The maximum absolute atomic E-state index is 6.29. The Morgan fingerprint density at radius 2 is 2.26 bits per heavy atom. The van der Waals surface area contributed by atoms with Crippen molar-refractivity contribution in [2.75, 3.05) is 33.4 Å². The molecule has 2 N–H and O–H groups in total. The fourth-order valence-corrected chi connectivity index (χ4v) is 3.30. The third kappa shape index (κ3) is 3.61. The molecule has 1 saturated heterocycles. The van der Waals surface area contributed by atoms with E-state index in [9.17, 15) is 0 Å². The molecule has 0 spiro atoms. The topological polar surface area (TPSA) is 38.5 Å². The number of nitrogens with two attached hydrogens (primary N) is 1. The average Bonchev–Trinajstić information content (AvgIpc) is 2.82. The summed E-state index contributed by atoms with van der Waals surface area (Å²) in [5.74, 6) is 0.588. The minimum atomic E-state index is 0.159. The molecule has 106 valence electrons. The van der Waals surface area contributed by atoms with Gasteiger partial charge in [0.2, 0.25) is 0 Å². The molecule has 1 aliphatic rings. The van der Waals surface area contributed by atoms with Crippen LogP contribution >= 0.6 is 23.2 Å². The van der Waals surface area contributed by atoms with E-state index in [1.54, 1.807) is 13.2 Å². The van der Waals surface area contributed by atoms with Crippen LogP contribution in [-0.4, -0.2) is 38.3 Å². The number of ether oxygens (including phenoxy) is 1. The largest absolute Gasteiger partial charge is 0.384 e. The Bertz CT molecular complexity index is 428. The van der Waals surface area contributed by atoms with Gasteiger partial charge in [-0.05, 0) is 36.6 Å². The Labute approximate surface area is 124 Å². The van der Waals surface area contributed by atoms with Crippen LogP contribution in [0, 0.1) is 5.92 Å². The predicted molar refractivity (Wildman–Crippen MR) is 79.8 cm³/mol. The third-order valence-electron chi connectivity index (χ3n) is 3.71. The molecular weight excluding hydrogens is 283 g/mol. The second-order valence-corrected chi connectivity index (χ2v) is 5.87. The van der Waals surface area contributed by atoms with Crippen molar-refractivity contribution >= 4 is 23.2 Å². The molecule has 19 heavy (non-hydrogen) atoms. The highest BCUT2D eigenvalue weighted by Crippen LogP contribution is 2.32. The van der Waals surface area contributed by atoms with Gasteiger partial charge in [0.15, 0.2) is 0 Å². The summed E-state index contributed by atoms with van der Waals surface area (Å²) in [5.41, 5.74) is 7.01. The summed E-state index contributed by atoms with van der Waals surface area (Å²) < 4.78 is 5.23. The lowest BCUT2D eigenvalue weighted by molar-refractivity contribution is 0.147. The van der Waals surface area contributed by atoms with Crippen LogP contribution in [0.25, 0.3) is 0 Å². The number of likely N-dealkylation sites (tertiary alicyclic amines) is 1. The molecule has 0 amide bonds. The summed E-state index contributed by atoms with van der Waals surface area (Å²) in [5, 5.41) is 1.35. The standard InChI is InChI=1S/C14H20Cl2N2O/c1-19-9-10-4-5-18(8-10)14(7-17)12-3-2-11(15)6-13(12)16/h2-3,6,10,14H,4-5,7-9,17H2,1H3. The Morgan fingerprint density at radius 1 is 1.47 bits per heavy atom. The summed E-state index contributed by atoms with van der Waals surface area (Å²) in [6, 6.07) is 5.79. The average molecular weight is 303 g/mol. The quantitative estimate of drug-likeness (QED) is 0.909. The molecule has 0 aliphatic carbocycles. The van der Waals surface area contributed by atoms with Crippen LogP contribution in [-0.2, 0) is 4.74 Å². The zero-order chi connectivity index (χ0) is 13.8. The van der Waals surface area contributed by atoms with Crippen molar-refractivity contribution in [2.45, 2.75) is 12.5 Å². The van der Waals surface area contributed by atoms with Gasteiger partial charge in [-0.2, -0.15) is 0 Å². The first-order chi connectivity index (χ1) is 9.15. The van der Waals surface area contributed by atoms with Crippen LogP contribution in [0.4, 0.5) is 0 Å². The Hall–Kier alpha value is -0.320. The normalized spacial score (nSPS) is 21.8. The number of nitrogens with zero attached hydrogens (tertiary/aromatic N) is 1. The minimum absolute atomic E-state index is 0.159. The summed E-state index contributed by atoms with van der Waals surface area (Å²) >= 11 is 12.2. The molecule has 0 bridgehead atoms. The van der Waals surface area contributed by atoms with Crippen molar-refractivity contribution in [2.24, 2.45) is 11.7 Å². The second-order valence-electron chi connectivity index (χ2n) is 5.02. The molecule has 0 aromatic heterocycles. The van der Waals surface area contributed by atoms with Crippen molar-refractivity contribution in [3.63, 3.8) is 0 Å². The highest BCUT2D eigenvalue weighted by atomic mass is 35.5. The Morgan fingerprint density at radius 3 is 2.89 bits per heavy atom. The molecule has 2 atom stereocenters. The van der Waals surface area contributed by atoms with E-state index in [1.807, 2.05) is 12.1 Å². The summed E-state index contributed by atoms with van der Waals surface area (Å²) in [6.07, 6.45) is 1.15. The van der Waals surface area contributed by atoms with Crippen LogP contribution in [0.1, 0.15) is 18.0 Å². The van der Waals surface area contributed by atoms with Gasteiger partial charge in [0.25, 0.3) is 0 Å². The van der Waals surface area contributed by atoms with E-state index >= 15 is 0 Å². The van der Waals surface area contributed by atoms with E-state index in [4.69, 9.17) is 33.7 Å². The van der Waals surface area contributed by atoms with Crippen molar-refractivity contribution in [3.05, 3.63) is 33.8 Å². The van der Waals surface area contributed by atoms with Crippen molar-refractivity contribution in [1.29, 1.82) is 0 Å². The van der Waals surface area contributed by atoms with Gasteiger partial charge in [0.1, 0.15) is 0 Å². The van der Waals surface area contributed by atoms with Gasteiger partial charge in [-0.3, -0.25) is 4.90 Å². The van der Waals surface area contributed by atoms with E-state index in [0.29, 0.717) is 22.5 Å². The minimum Gasteiger partial charge on any atom is -0.384 e. The number of benzene rings is 1. The number of hydrogen-bond donors (Lipinski definition) is 1. The fraction of sp³-hybridized carbons (Fsp3) is 0.571. The van der Waals surface area contributed by atoms with Crippen LogP contribution < -0.4 is 5.73 Å². The molecule has 5 heteroatoms. The van der Waals surface area contributed by atoms with E-state index in [0.717, 1.165) is 31.7 Å². The van der Waals surface area contributed by atoms with Crippen LogP contribution in [0.15, 0.2) is 18.2 Å². The van der Waals surface area contributed by atoms with Gasteiger partial charge in [-0.25, -0.2) is 0 Å². The van der Waals surface area contributed by atoms with E-state index in [1.165, 1.54) is 0 Å². The predicted octanol–water partition coefficient (Wildman–Crippen LogP) is 2.96. The summed E-state index contributed by atoms with van der Waals surface area (Å²) in [7, 11) is 1.75. The lowest BCUT2D eigenvalue weighted by Crippen LogP contribution is -2.32. The van der Waals surface area contributed by atoms with E-state index in [-0.39, 0.29) is 6.04 Å². The molecule has 1 aliphatic heterocycles. The van der Waals surface area contributed by atoms with Crippen molar-refractivity contribution in [1.82, 2.24) is 4.90 Å².